The predicted molar refractivity (Wildman–Crippen MR) is 108 cm³/mol. The monoisotopic (exact) mass is 401 g/mol. The maximum absolute atomic E-state index is 13.4. The van der Waals surface area contributed by atoms with Crippen molar-refractivity contribution in [2.24, 2.45) is 0 Å². The summed E-state index contributed by atoms with van der Waals surface area (Å²) in [5, 5.41) is 9.87. The standard InChI is InChI=1S/C22H19N5O3/c23-8-13-1-3-14(4-2-13)20-12-29-6-5-27(20)22(28)18-7-15-16-10-30-11-17(16)21(24)26-19(15)9-25-18/h1-4,7,9,20H,5-6,10-12H2,(H2,24,26). The van der Waals surface area contributed by atoms with E-state index in [1.165, 1.54) is 0 Å². The fraction of sp³-hybridized carbons (Fsp3) is 0.273. The lowest BCUT2D eigenvalue weighted by Crippen LogP contribution is -2.43. The molecule has 1 saturated heterocycles. The highest BCUT2D eigenvalue weighted by Gasteiger charge is 2.30. The number of ether oxygens (including phenoxy) is 2. The fourth-order valence-electron chi connectivity index (χ4n) is 4.04. The highest BCUT2D eigenvalue weighted by atomic mass is 16.5. The SMILES string of the molecule is N#Cc1ccc(C2COCCN2C(=O)c2cc3c4c(c(N)nc3cn2)COC4)cc1. The summed E-state index contributed by atoms with van der Waals surface area (Å²) in [6.45, 7) is 2.20. The Balaban J connectivity index is 1.51. The molecule has 1 amide bonds. The lowest BCUT2D eigenvalue weighted by Gasteiger charge is -2.35. The molecule has 8 nitrogen and oxygen atoms in total. The molecule has 2 aliphatic heterocycles. The number of morpholine rings is 1. The summed E-state index contributed by atoms with van der Waals surface area (Å²) in [4.78, 5) is 23.9. The van der Waals surface area contributed by atoms with Crippen LogP contribution in [0.5, 0.6) is 0 Å². The first-order valence-electron chi connectivity index (χ1n) is 9.69. The molecule has 2 aromatic heterocycles. The third-order valence-corrected chi connectivity index (χ3v) is 5.65. The number of fused-ring (bicyclic) bond motifs is 3. The Morgan fingerprint density at radius 1 is 1.20 bits per heavy atom. The average Bonchev–Trinajstić information content (AvgIpc) is 3.30. The van der Waals surface area contributed by atoms with Gasteiger partial charge in [0.1, 0.15) is 11.5 Å². The minimum absolute atomic E-state index is 0.168. The number of carbonyl (C=O) groups is 1. The Morgan fingerprint density at radius 2 is 2.00 bits per heavy atom. The number of carbonyl (C=O) groups excluding carboxylic acids is 1. The molecule has 2 aliphatic rings. The molecular formula is C22H19N5O3. The number of hydrogen-bond donors (Lipinski definition) is 1. The van der Waals surface area contributed by atoms with Crippen LogP contribution in [0.1, 0.15) is 38.8 Å². The summed E-state index contributed by atoms with van der Waals surface area (Å²) in [7, 11) is 0. The Labute approximate surface area is 172 Å². The van der Waals surface area contributed by atoms with E-state index in [0.717, 1.165) is 22.1 Å². The van der Waals surface area contributed by atoms with Crippen molar-refractivity contribution in [1.82, 2.24) is 14.9 Å². The van der Waals surface area contributed by atoms with Crippen LogP contribution in [0.4, 0.5) is 5.82 Å². The second-order valence-corrected chi connectivity index (χ2v) is 7.36. The van der Waals surface area contributed by atoms with Crippen molar-refractivity contribution in [3.63, 3.8) is 0 Å². The molecule has 0 spiro atoms. The third kappa shape index (κ3) is 3.05. The van der Waals surface area contributed by atoms with Crippen LogP contribution < -0.4 is 5.73 Å². The van der Waals surface area contributed by atoms with Crippen molar-refractivity contribution < 1.29 is 14.3 Å². The molecule has 0 bridgehead atoms. The highest BCUT2D eigenvalue weighted by molar-refractivity contribution is 5.97. The summed E-state index contributed by atoms with van der Waals surface area (Å²) < 4.78 is 11.2. The molecule has 0 radical (unpaired) electrons. The Hall–Kier alpha value is -3.54. The van der Waals surface area contributed by atoms with Gasteiger partial charge in [0.15, 0.2) is 0 Å². The molecule has 1 atom stereocenters. The molecule has 2 N–H and O–H groups in total. The minimum Gasteiger partial charge on any atom is -0.383 e. The largest absolute Gasteiger partial charge is 0.383 e. The number of pyridine rings is 2. The Kier molecular flexibility index (Phi) is 4.54. The fourth-order valence-corrected chi connectivity index (χ4v) is 4.04. The van der Waals surface area contributed by atoms with Crippen LogP contribution >= 0.6 is 0 Å². The molecule has 4 heterocycles. The van der Waals surface area contributed by atoms with Crippen LogP contribution in [-0.4, -0.2) is 40.5 Å². The number of rotatable bonds is 2. The number of benzene rings is 1. The molecule has 3 aromatic rings. The van der Waals surface area contributed by atoms with Crippen molar-refractivity contribution in [2.75, 3.05) is 25.5 Å². The second-order valence-electron chi connectivity index (χ2n) is 7.36. The van der Waals surface area contributed by atoms with E-state index in [9.17, 15) is 4.79 Å². The number of nitrogen functional groups attached to an aromatic ring is 1. The van der Waals surface area contributed by atoms with Gasteiger partial charge in [-0.05, 0) is 29.3 Å². The van der Waals surface area contributed by atoms with Gasteiger partial charge in [0.2, 0.25) is 0 Å². The lowest BCUT2D eigenvalue weighted by molar-refractivity contribution is -0.00299. The second kappa shape index (κ2) is 7.37. The highest BCUT2D eigenvalue weighted by Crippen LogP contribution is 2.32. The van der Waals surface area contributed by atoms with Gasteiger partial charge in [-0.2, -0.15) is 5.26 Å². The van der Waals surface area contributed by atoms with Gasteiger partial charge < -0.3 is 20.1 Å². The summed E-state index contributed by atoms with van der Waals surface area (Å²) in [5.41, 5.74) is 10.4. The van der Waals surface area contributed by atoms with Crippen molar-refractivity contribution in [2.45, 2.75) is 19.3 Å². The summed E-state index contributed by atoms with van der Waals surface area (Å²) >= 11 is 0. The molecule has 0 aliphatic carbocycles. The number of nitrogens with zero attached hydrogens (tertiary/aromatic N) is 4. The first kappa shape index (κ1) is 18.5. The van der Waals surface area contributed by atoms with Gasteiger partial charge >= 0.3 is 0 Å². The number of anilines is 1. The van der Waals surface area contributed by atoms with Crippen LogP contribution in [0.2, 0.25) is 0 Å². The zero-order valence-electron chi connectivity index (χ0n) is 16.2. The molecule has 1 fully saturated rings. The minimum atomic E-state index is -0.241. The molecule has 5 rings (SSSR count). The van der Waals surface area contributed by atoms with Gasteiger partial charge in [0.05, 0.1) is 55.8 Å². The van der Waals surface area contributed by atoms with Gasteiger partial charge in [-0.3, -0.25) is 4.79 Å². The van der Waals surface area contributed by atoms with Gasteiger partial charge in [0, 0.05) is 17.5 Å². The van der Waals surface area contributed by atoms with Crippen molar-refractivity contribution in [3.8, 4) is 6.07 Å². The maximum atomic E-state index is 13.4. The maximum Gasteiger partial charge on any atom is 0.273 e. The van der Waals surface area contributed by atoms with Gasteiger partial charge in [-0.15, -0.1) is 0 Å². The zero-order chi connectivity index (χ0) is 20.7. The number of nitriles is 1. The summed E-state index contributed by atoms with van der Waals surface area (Å²) in [6.07, 6.45) is 1.59. The normalized spacial score (nSPS) is 18.2. The molecule has 1 aromatic carbocycles. The first-order chi connectivity index (χ1) is 14.7. The Bertz CT molecular complexity index is 1190. The van der Waals surface area contributed by atoms with Gasteiger partial charge in [0.25, 0.3) is 5.91 Å². The van der Waals surface area contributed by atoms with E-state index < -0.39 is 0 Å². The van der Waals surface area contributed by atoms with E-state index in [4.69, 9.17) is 20.5 Å². The number of hydrogen-bond acceptors (Lipinski definition) is 7. The number of nitrogens with two attached hydrogens (primary N) is 1. The van der Waals surface area contributed by atoms with Crippen LogP contribution in [-0.2, 0) is 22.7 Å². The van der Waals surface area contributed by atoms with Gasteiger partial charge in [-0.25, -0.2) is 9.97 Å². The van der Waals surface area contributed by atoms with Gasteiger partial charge in [-0.1, -0.05) is 12.1 Å². The van der Waals surface area contributed by atoms with Crippen molar-refractivity contribution in [1.29, 1.82) is 5.26 Å². The van der Waals surface area contributed by atoms with Crippen LogP contribution in [0.3, 0.4) is 0 Å². The summed E-state index contributed by atoms with van der Waals surface area (Å²) in [6, 6.07) is 10.9. The number of amides is 1. The van der Waals surface area contributed by atoms with Crippen molar-refractivity contribution >= 4 is 22.6 Å². The zero-order valence-corrected chi connectivity index (χ0v) is 16.2. The molecule has 8 heteroatoms. The first-order valence-corrected chi connectivity index (χ1v) is 9.69. The molecule has 30 heavy (non-hydrogen) atoms. The molecule has 1 unspecified atom stereocenters. The smallest absolute Gasteiger partial charge is 0.273 e. The van der Waals surface area contributed by atoms with E-state index >= 15 is 0 Å². The molecule has 0 saturated carbocycles. The van der Waals surface area contributed by atoms with Crippen LogP contribution in [0.15, 0.2) is 36.5 Å². The molecular weight excluding hydrogens is 382 g/mol. The van der Waals surface area contributed by atoms with E-state index in [-0.39, 0.29) is 11.9 Å². The van der Waals surface area contributed by atoms with E-state index in [0.29, 0.717) is 55.6 Å². The third-order valence-electron chi connectivity index (χ3n) is 5.65. The number of aromatic nitrogens is 2. The van der Waals surface area contributed by atoms with Crippen LogP contribution in [0.25, 0.3) is 10.9 Å². The predicted octanol–water partition coefficient (Wildman–Crippen LogP) is 2.33. The van der Waals surface area contributed by atoms with E-state index in [1.54, 1.807) is 29.3 Å². The molecule has 150 valence electrons. The Morgan fingerprint density at radius 3 is 2.80 bits per heavy atom. The van der Waals surface area contributed by atoms with Crippen molar-refractivity contribution in [3.05, 3.63) is 64.5 Å². The quantitative estimate of drug-likeness (QED) is 0.701. The van der Waals surface area contributed by atoms with Crippen LogP contribution in [0, 0.1) is 11.3 Å². The lowest BCUT2D eigenvalue weighted by atomic mass is 10.0. The van der Waals surface area contributed by atoms with E-state index in [2.05, 4.69) is 16.0 Å². The topological polar surface area (TPSA) is 114 Å². The van der Waals surface area contributed by atoms with E-state index in [1.807, 2.05) is 12.1 Å². The average molecular weight is 401 g/mol. The summed E-state index contributed by atoms with van der Waals surface area (Å²) in [5.74, 6) is 0.281.